The molecule has 0 saturated heterocycles. The molecule has 6 nitrogen and oxygen atoms in total. The molecule has 6 rings (SSSR count). The summed E-state index contributed by atoms with van der Waals surface area (Å²) in [5.74, 6) is -1.71. The van der Waals surface area contributed by atoms with Gasteiger partial charge in [-0.3, -0.25) is 0 Å². The van der Waals surface area contributed by atoms with Gasteiger partial charge in [0.1, 0.15) is 0 Å². The molecule has 0 heterocycles. The Morgan fingerprint density at radius 1 is 0.476 bits per heavy atom. The van der Waals surface area contributed by atoms with Gasteiger partial charge < -0.3 is 0 Å². The van der Waals surface area contributed by atoms with E-state index < -0.39 is 62.3 Å². The molecular formula is C31H26Cl2O6S3. The van der Waals surface area contributed by atoms with Crippen molar-refractivity contribution in [2.24, 2.45) is 0 Å². The molecule has 0 spiro atoms. The molecular weight excluding hydrogens is 635 g/mol. The quantitative estimate of drug-likeness (QED) is 0.229. The minimum absolute atomic E-state index is 0.0348. The number of sulfone groups is 3. The number of hydrogen-bond acceptors (Lipinski definition) is 6. The summed E-state index contributed by atoms with van der Waals surface area (Å²) in [5.41, 5.74) is 2.08. The van der Waals surface area contributed by atoms with E-state index in [1.165, 1.54) is 48.5 Å². The van der Waals surface area contributed by atoms with E-state index in [4.69, 9.17) is 23.2 Å². The molecule has 42 heavy (non-hydrogen) atoms. The van der Waals surface area contributed by atoms with Crippen molar-refractivity contribution < 1.29 is 25.3 Å². The third-order valence-electron chi connectivity index (χ3n) is 8.19. The Kier molecular flexibility index (Phi) is 7.34. The fourth-order valence-corrected chi connectivity index (χ4v) is 14.9. The predicted molar refractivity (Wildman–Crippen MR) is 164 cm³/mol. The second-order valence-corrected chi connectivity index (χ2v) is 18.2. The summed E-state index contributed by atoms with van der Waals surface area (Å²) >= 11 is 12.0. The molecule has 11 heteroatoms. The maximum atomic E-state index is 14.5. The summed E-state index contributed by atoms with van der Waals surface area (Å²) in [6.07, 6.45) is 0. The SMILES string of the molecule is Cc1ccc([C@@H]2C(S(=O)(=O)c3ccc(Cl)cc3)[C@H]2S(=O)(=O)[C@H]2C(S(=O)(=O)c3ccc(Cl)cc3)[C@@H]2c2ccccc2)cc1. The van der Waals surface area contributed by atoms with Gasteiger partial charge in [-0.05, 0) is 66.6 Å². The van der Waals surface area contributed by atoms with Crippen LogP contribution in [0.15, 0.2) is 113 Å². The highest BCUT2D eigenvalue weighted by Gasteiger charge is 2.74. The monoisotopic (exact) mass is 660 g/mol. The Balaban J connectivity index is 1.45. The molecule has 4 aromatic rings. The van der Waals surface area contributed by atoms with Crippen molar-refractivity contribution in [3.05, 3.63) is 130 Å². The Labute approximate surface area is 256 Å². The van der Waals surface area contributed by atoms with Gasteiger partial charge in [-0.15, -0.1) is 0 Å². The third-order valence-corrected chi connectivity index (χ3v) is 16.2. The van der Waals surface area contributed by atoms with Crippen molar-refractivity contribution in [2.45, 2.75) is 49.6 Å². The van der Waals surface area contributed by atoms with Crippen molar-refractivity contribution >= 4 is 52.7 Å². The van der Waals surface area contributed by atoms with Crippen LogP contribution in [0.4, 0.5) is 0 Å². The lowest BCUT2D eigenvalue weighted by Gasteiger charge is -2.07. The summed E-state index contributed by atoms with van der Waals surface area (Å²) < 4.78 is 84.6. The molecule has 0 amide bonds. The molecule has 0 N–H and O–H groups in total. The Hall–Kier alpha value is -2.69. The second-order valence-electron chi connectivity index (χ2n) is 10.8. The molecule has 0 aliphatic heterocycles. The zero-order valence-corrected chi connectivity index (χ0v) is 26.2. The topological polar surface area (TPSA) is 102 Å². The summed E-state index contributed by atoms with van der Waals surface area (Å²) in [4.78, 5) is -0.0702. The largest absolute Gasteiger partial charge is 0.228 e. The van der Waals surface area contributed by atoms with Crippen LogP contribution in [0.1, 0.15) is 28.5 Å². The molecule has 0 aromatic heterocycles. The van der Waals surface area contributed by atoms with Gasteiger partial charge in [0.2, 0.25) is 0 Å². The Bertz CT molecular complexity index is 1960. The minimum atomic E-state index is -4.30. The zero-order valence-electron chi connectivity index (χ0n) is 22.2. The van der Waals surface area contributed by atoms with E-state index in [-0.39, 0.29) is 9.79 Å². The molecule has 4 aromatic carbocycles. The maximum absolute atomic E-state index is 14.5. The van der Waals surface area contributed by atoms with Crippen molar-refractivity contribution in [2.75, 3.05) is 0 Å². The van der Waals surface area contributed by atoms with E-state index in [2.05, 4.69) is 0 Å². The number of hydrogen-bond donors (Lipinski definition) is 0. The van der Waals surface area contributed by atoms with Crippen LogP contribution in [0.5, 0.6) is 0 Å². The van der Waals surface area contributed by atoms with E-state index in [9.17, 15) is 25.3 Å². The maximum Gasteiger partial charge on any atom is 0.183 e. The summed E-state index contributed by atoms with van der Waals surface area (Å²) in [5, 5.41) is -4.48. The van der Waals surface area contributed by atoms with Crippen LogP contribution in [0.25, 0.3) is 0 Å². The van der Waals surface area contributed by atoms with Gasteiger partial charge >= 0.3 is 0 Å². The highest BCUT2D eigenvalue weighted by atomic mass is 35.5. The molecule has 0 bridgehead atoms. The number of benzene rings is 4. The predicted octanol–water partition coefficient (Wildman–Crippen LogP) is 6.03. The molecule has 6 atom stereocenters. The highest BCUT2D eigenvalue weighted by Crippen LogP contribution is 2.61. The van der Waals surface area contributed by atoms with Crippen molar-refractivity contribution in [3.8, 4) is 0 Å². The summed E-state index contributed by atoms with van der Waals surface area (Å²) in [6, 6.07) is 27.0. The second kappa shape index (κ2) is 10.5. The third kappa shape index (κ3) is 4.99. The van der Waals surface area contributed by atoms with E-state index in [1.54, 1.807) is 54.6 Å². The lowest BCUT2D eigenvalue weighted by atomic mass is 10.1. The molecule has 2 aliphatic rings. The molecule has 0 radical (unpaired) electrons. The van der Waals surface area contributed by atoms with Gasteiger partial charge in [-0.2, -0.15) is 0 Å². The smallest absolute Gasteiger partial charge is 0.183 e. The lowest BCUT2D eigenvalue weighted by Crippen LogP contribution is -2.24. The molecule has 2 aliphatic carbocycles. The van der Waals surface area contributed by atoms with E-state index in [0.717, 1.165) is 5.56 Å². The summed E-state index contributed by atoms with van der Waals surface area (Å²) in [6.45, 7) is 1.88. The minimum Gasteiger partial charge on any atom is -0.228 e. The lowest BCUT2D eigenvalue weighted by molar-refractivity contribution is 0.583. The van der Waals surface area contributed by atoms with Gasteiger partial charge in [0.05, 0.1) is 30.8 Å². The number of aryl methyl sites for hydroxylation is 1. The van der Waals surface area contributed by atoms with Crippen molar-refractivity contribution in [1.29, 1.82) is 0 Å². The summed E-state index contributed by atoms with van der Waals surface area (Å²) in [7, 11) is -12.5. The van der Waals surface area contributed by atoms with Crippen LogP contribution in [-0.2, 0) is 29.5 Å². The Morgan fingerprint density at radius 2 is 0.857 bits per heavy atom. The molecule has 2 unspecified atom stereocenters. The van der Waals surface area contributed by atoms with Crippen LogP contribution in [0.3, 0.4) is 0 Å². The molecule has 2 fully saturated rings. The van der Waals surface area contributed by atoms with Gasteiger partial charge in [-0.25, -0.2) is 25.3 Å². The fourth-order valence-electron chi connectivity index (χ4n) is 6.00. The van der Waals surface area contributed by atoms with Gasteiger partial charge in [0.25, 0.3) is 0 Å². The van der Waals surface area contributed by atoms with Crippen molar-refractivity contribution in [3.63, 3.8) is 0 Å². The Morgan fingerprint density at radius 3 is 1.26 bits per heavy atom. The number of halogens is 2. The van der Waals surface area contributed by atoms with Crippen LogP contribution in [0.2, 0.25) is 10.0 Å². The van der Waals surface area contributed by atoms with Crippen LogP contribution >= 0.6 is 23.2 Å². The van der Waals surface area contributed by atoms with E-state index in [0.29, 0.717) is 21.2 Å². The normalized spacial score (nSPS) is 25.6. The first-order valence-electron chi connectivity index (χ1n) is 13.2. The van der Waals surface area contributed by atoms with Crippen molar-refractivity contribution in [1.82, 2.24) is 0 Å². The van der Waals surface area contributed by atoms with E-state index in [1.807, 2.05) is 6.92 Å². The van der Waals surface area contributed by atoms with Crippen LogP contribution in [-0.4, -0.2) is 46.3 Å². The van der Waals surface area contributed by atoms with Crippen LogP contribution in [0, 0.1) is 6.92 Å². The van der Waals surface area contributed by atoms with Gasteiger partial charge in [0.15, 0.2) is 29.5 Å². The first-order chi connectivity index (χ1) is 19.8. The first-order valence-corrected chi connectivity index (χ1v) is 18.6. The van der Waals surface area contributed by atoms with Crippen LogP contribution < -0.4 is 0 Å². The molecule has 2 saturated carbocycles. The number of rotatable bonds is 8. The fraction of sp³-hybridized carbons (Fsp3) is 0.226. The van der Waals surface area contributed by atoms with Gasteiger partial charge in [-0.1, -0.05) is 83.4 Å². The molecule has 218 valence electrons. The average molecular weight is 662 g/mol. The van der Waals surface area contributed by atoms with Gasteiger partial charge in [0, 0.05) is 21.9 Å². The highest BCUT2D eigenvalue weighted by molar-refractivity contribution is 7.99. The first kappa shape index (κ1) is 29.4. The standard InChI is InChI=1S/C31H26Cl2O6S3/c1-19-7-9-21(10-8-19)27-29(41(36,37)25-17-13-23(33)14-18-25)31(27)42(38,39)30-26(20-5-3-2-4-6-20)28(30)40(34,35)24-15-11-22(32)12-16-24/h2-18,26-31H,1H3/t26-,27+,28?,29?,30+,31-/m0/s1. The zero-order chi connectivity index (χ0) is 30.0. The van der Waals surface area contributed by atoms with E-state index >= 15 is 0 Å². The average Bonchev–Trinajstić information content (AvgIpc) is 3.88.